The average molecular weight is 487 g/mol. The number of nitrogens with zero attached hydrogens (tertiary/aromatic N) is 4. The smallest absolute Gasteiger partial charge is 0.224 e. The fourth-order valence-corrected chi connectivity index (χ4v) is 4.44. The van der Waals surface area contributed by atoms with Crippen molar-refractivity contribution < 1.29 is 14.3 Å². The second-order valence-electron chi connectivity index (χ2n) is 9.13. The predicted octanol–water partition coefficient (Wildman–Crippen LogP) is 5.10. The fraction of sp³-hybridized carbons (Fsp3) is 0.345. The molecular weight excluding hydrogens is 452 g/mol. The van der Waals surface area contributed by atoms with Crippen LogP contribution < -0.4 is 4.74 Å². The molecule has 0 bridgehead atoms. The number of hydrogen-bond donors (Lipinski definition) is 0. The Morgan fingerprint density at radius 1 is 1.03 bits per heavy atom. The van der Waals surface area contributed by atoms with Crippen molar-refractivity contribution in [3.8, 4) is 17.0 Å². The summed E-state index contributed by atoms with van der Waals surface area (Å²) in [4.78, 5) is 20.3. The zero-order chi connectivity index (χ0) is 25.7. The number of ether oxygens (including phenoxy) is 2. The summed E-state index contributed by atoms with van der Waals surface area (Å²) in [5.41, 5.74) is 6.91. The molecule has 0 radical (unpaired) electrons. The first-order valence-corrected chi connectivity index (χ1v) is 12.2. The van der Waals surface area contributed by atoms with E-state index in [1.165, 1.54) is 0 Å². The summed E-state index contributed by atoms with van der Waals surface area (Å²) < 4.78 is 12.6. The van der Waals surface area contributed by atoms with Crippen molar-refractivity contribution in [2.24, 2.45) is 0 Å². The van der Waals surface area contributed by atoms with Crippen LogP contribution in [0.3, 0.4) is 0 Å². The normalized spacial score (nSPS) is 11.1. The summed E-state index contributed by atoms with van der Waals surface area (Å²) in [6.45, 7) is 7.99. The van der Waals surface area contributed by atoms with Crippen LogP contribution in [0.2, 0.25) is 0 Å². The highest BCUT2D eigenvalue weighted by Crippen LogP contribution is 2.29. The van der Waals surface area contributed by atoms with Gasteiger partial charge in [-0.25, -0.2) is 4.98 Å². The van der Waals surface area contributed by atoms with Gasteiger partial charge in [0.1, 0.15) is 5.75 Å². The van der Waals surface area contributed by atoms with Gasteiger partial charge in [0.2, 0.25) is 5.91 Å². The van der Waals surface area contributed by atoms with E-state index < -0.39 is 0 Å². The van der Waals surface area contributed by atoms with Crippen molar-refractivity contribution in [1.82, 2.24) is 19.7 Å². The van der Waals surface area contributed by atoms with E-state index in [-0.39, 0.29) is 5.91 Å². The molecule has 2 heterocycles. The Bertz CT molecular complexity index is 1360. The molecule has 0 atom stereocenters. The van der Waals surface area contributed by atoms with E-state index >= 15 is 0 Å². The number of fused-ring (bicyclic) bond motifs is 1. The van der Waals surface area contributed by atoms with Gasteiger partial charge in [0.05, 0.1) is 30.6 Å². The van der Waals surface area contributed by atoms with Gasteiger partial charge in [-0.3, -0.25) is 9.48 Å². The molecular formula is C29H34N4O3. The van der Waals surface area contributed by atoms with Crippen LogP contribution in [0.25, 0.3) is 22.2 Å². The van der Waals surface area contributed by atoms with Crippen molar-refractivity contribution in [3.05, 3.63) is 77.1 Å². The van der Waals surface area contributed by atoms with Crippen LogP contribution in [-0.2, 0) is 22.6 Å². The molecule has 0 saturated heterocycles. The van der Waals surface area contributed by atoms with Gasteiger partial charge in [0.25, 0.3) is 0 Å². The van der Waals surface area contributed by atoms with Crippen molar-refractivity contribution >= 4 is 16.8 Å². The van der Waals surface area contributed by atoms with E-state index in [2.05, 4.69) is 36.3 Å². The third kappa shape index (κ3) is 5.91. The minimum absolute atomic E-state index is 0.0598. The van der Waals surface area contributed by atoms with Gasteiger partial charge in [-0.15, -0.1) is 0 Å². The highest BCUT2D eigenvalue weighted by atomic mass is 16.5. The Hall–Kier alpha value is -3.71. The first-order chi connectivity index (χ1) is 17.4. The Balaban J connectivity index is 1.68. The van der Waals surface area contributed by atoms with Crippen LogP contribution >= 0.6 is 0 Å². The van der Waals surface area contributed by atoms with Crippen molar-refractivity contribution in [2.45, 2.75) is 40.3 Å². The largest absolute Gasteiger partial charge is 0.497 e. The highest BCUT2D eigenvalue weighted by molar-refractivity contribution is 5.85. The number of rotatable bonds is 10. The SMILES string of the molecule is COCCN(Cc1cc2ccc(OC)cc2nc1-c1cccc(C)c1)C(=O)CCn1nc(C)cc1C. The monoisotopic (exact) mass is 486 g/mol. The van der Waals surface area contributed by atoms with Gasteiger partial charge in [-0.1, -0.05) is 23.8 Å². The van der Waals surface area contributed by atoms with Gasteiger partial charge in [0.15, 0.2) is 0 Å². The highest BCUT2D eigenvalue weighted by Gasteiger charge is 2.19. The number of pyridine rings is 1. The van der Waals surface area contributed by atoms with E-state index in [4.69, 9.17) is 14.5 Å². The lowest BCUT2D eigenvalue weighted by atomic mass is 10.0. The molecule has 0 aliphatic carbocycles. The third-order valence-electron chi connectivity index (χ3n) is 6.32. The van der Waals surface area contributed by atoms with Crippen LogP contribution in [0.5, 0.6) is 5.75 Å². The van der Waals surface area contributed by atoms with Crippen molar-refractivity contribution in [2.75, 3.05) is 27.4 Å². The first kappa shape index (κ1) is 25.4. The molecule has 0 fully saturated rings. The molecule has 0 aliphatic heterocycles. The van der Waals surface area contributed by atoms with Crippen molar-refractivity contribution in [3.63, 3.8) is 0 Å². The second-order valence-corrected chi connectivity index (χ2v) is 9.13. The first-order valence-electron chi connectivity index (χ1n) is 12.2. The Labute approximate surface area is 212 Å². The topological polar surface area (TPSA) is 69.5 Å². The summed E-state index contributed by atoms with van der Waals surface area (Å²) in [7, 11) is 3.31. The number of carbonyl (C=O) groups excluding carboxylic acids is 1. The summed E-state index contributed by atoms with van der Waals surface area (Å²) in [5, 5.41) is 5.50. The Kier molecular flexibility index (Phi) is 8.00. The maximum absolute atomic E-state index is 13.4. The van der Waals surface area contributed by atoms with Gasteiger partial charge < -0.3 is 14.4 Å². The zero-order valence-corrected chi connectivity index (χ0v) is 21.7. The predicted molar refractivity (Wildman–Crippen MR) is 142 cm³/mol. The molecule has 7 nitrogen and oxygen atoms in total. The lowest BCUT2D eigenvalue weighted by Gasteiger charge is -2.24. The number of aromatic nitrogens is 3. The van der Waals surface area contributed by atoms with E-state index in [9.17, 15) is 4.79 Å². The number of aryl methyl sites for hydroxylation is 4. The van der Waals surface area contributed by atoms with Crippen LogP contribution in [0.1, 0.15) is 28.9 Å². The minimum atomic E-state index is 0.0598. The number of carbonyl (C=O) groups is 1. The standard InChI is InChI=1S/C29H34N4O3/c1-20-7-6-8-24(15-20)29-25(17-23-9-10-26(36-5)18-27(23)30-29)19-32(13-14-35-4)28(34)11-12-33-22(3)16-21(2)31-33/h6-10,15-18H,11-14,19H2,1-5H3. The maximum atomic E-state index is 13.4. The third-order valence-corrected chi connectivity index (χ3v) is 6.32. The quantitative estimate of drug-likeness (QED) is 0.312. The Morgan fingerprint density at radius 3 is 2.56 bits per heavy atom. The maximum Gasteiger partial charge on any atom is 0.224 e. The average Bonchev–Trinajstić information content (AvgIpc) is 3.20. The van der Waals surface area contributed by atoms with Gasteiger partial charge in [-0.05, 0) is 56.7 Å². The van der Waals surface area contributed by atoms with E-state index in [1.54, 1.807) is 14.2 Å². The van der Waals surface area contributed by atoms with E-state index in [1.807, 2.05) is 53.8 Å². The Morgan fingerprint density at radius 2 is 1.86 bits per heavy atom. The minimum Gasteiger partial charge on any atom is -0.497 e. The number of benzene rings is 2. The van der Waals surface area contributed by atoms with E-state index in [0.717, 1.165) is 50.4 Å². The molecule has 2 aromatic carbocycles. The number of hydrogen-bond acceptors (Lipinski definition) is 5. The lowest BCUT2D eigenvalue weighted by molar-refractivity contribution is -0.132. The summed E-state index contributed by atoms with van der Waals surface area (Å²) in [6.07, 6.45) is 0.365. The molecule has 0 spiro atoms. The van der Waals surface area contributed by atoms with Crippen molar-refractivity contribution in [1.29, 1.82) is 0 Å². The molecule has 0 unspecified atom stereocenters. The number of methoxy groups -OCH3 is 2. The van der Waals surface area contributed by atoms with Gasteiger partial charge in [-0.2, -0.15) is 5.10 Å². The van der Waals surface area contributed by atoms with Crippen LogP contribution in [0.15, 0.2) is 54.6 Å². The molecule has 188 valence electrons. The molecule has 0 saturated carbocycles. The second kappa shape index (κ2) is 11.4. The summed E-state index contributed by atoms with van der Waals surface area (Å²) in [6, 6.07) is 18.3. The molecule has 36 heavy (non-hydrogen) atoms. The molecule has 0 aliphatic rings. The molecule has 4 rings (SSSR count). The lowest BCUT2D eigenvalue weighted by Crippen LogP contribution is -2.34. The van der Waals surface area contributed by atoms with Crippen LogP contribution in [0, 0.1) is 20.8 Å². The van der Waals surface area contributed by atoms with Gasteiger partial charge >= 0.3 is 0 Å². The zero-order valence-electron chi connectivity index (χ0n) is 21.7. The van der Waals surface area contributed by atoms with Crippen LogP contribution in [-0.4, -0.2) is 52.9 Å². The molecule has 7 heteroatoms. The summed E-state index contributed by atoms with van der Waals surface area (Å²) >= 11 is 0. The molecule has 4 aromatic rings. The fourth-order valence-electron chi connectivity index (χ4n) is 4.44. The summed E-state index contributed by atoms with van der Waals surface area (Å²) in [5.74, 6) is 0.823. The molecule has 1 amide bonds. The molecule has 0 N–H and O–H groups in total. The number of amides is 1. The molecule has 2 aromatic heterocycles. The van der Waals surface area contributed by atoms with Gasteiger partial charge in [0, 0.05) is 55.9 Å². The van der Waals surface area contributed by atoms with Crippen LogP contribution in [0.4, 0.5) is 0 Å². The van der Waals surface area contributed by atoms with E-state index in [0.29, 0.717) is 32.7 Å².